The number of nitrogens with zero attached hydrogens (tertiary/aromatic N) is 1. The molecule has 6 nitrogen and oxygen atoms in total. The van der Waals surface area contributed by atoms with Crippen molar-refractivity contribution in [2.75, 3.05) is 13.7 Å². The van der Waals surface area contributed by atoms with Gasteiger partial charge in [-0.25, -0.2) is 4.79 Å². The molecule has 19 heavy (non-hydrogen) atoms. The Hall–Kier alpha value is -1.95. The van der Waals surface area contributed by atoms with Gasteiger partial charge < -0.3 is 9.47 Å². The van der Waals surface area contributed by atoms with E-state index >= 15 is 0 Å². The van der Waals surface area contributed by atoms with Crippen molar-refractivity contribution in [3.8, 4) is 0 Å². The topological polar surface area (TPSA) is 78.7 Å². The number of hydrogen-bond acceptors (Lipinski definition) is 5. The van der Waals surface area contributed by atoms with Crippen molar-refractivity contribution in [1.29, 1.82) is 0 Å². The van der Waals surface area contributed by atoms with Crippen molar-refractivity contribution in [2.45, 2.75) is 25.6 Å². The average Bonchev–Trinajstić information content (AvgIpc) is 2.43. The Bertz CT molecular complexity index is 434. The van der Waals surface area contributed by atoms with Gasteiger partial charge in [0.15, 0.2) is 5.60 Å². The number of ether oxygens (including phenoxy) is 2. The van der Waals surface area contributed by atoms with Crippen LogP contribution in [0.5, 0.6) is 0 Å². The van der Waals surface area contributed by atoms with Crippen molar-refractivity contribution < 1.29 is 19.2 Å². The monoisotopic (exact) mass is 267 g/mol. The largest absolute Gasteiger partial charge is 0.467 e. The number of rotatable bonds is 7. The summed E-state index contributed by atoms with van der Waals surface area (Å²) in [5.41, 5.74) is -0.420. The molecule has 0 heterocycles. The van der Waals surface area contributed by atoms with Crippen LogP contribution in [0.2, 0.25) is 0 Å². The minimum Gasteiger partial charge on any atom is -0.467 e. The Morgan fingerprint density at radius 2 is 2.00 bits per heavy atom. The summed E-state index contributed by atoms with van der Waals surface area (Å²) in [5.74, 6) is -0.606. The van der Waals surface area contributed by atoms with Crippen LogP contribution in [0.1, 0.15) is 18.9 Å². The SMILES string of the molecule is COC(=O)C(C)(CC[N+](=O)[O-])OCc1ccccc1. The number of hydrogen-bond donors (Lipinski definition) is 0. The van der Waals surface area contributed by atoms with E-state index < -0.39 is 16.5 Å². The first-order chi connectivity index (χ1) is 8.98. The fourth-order valence-corrected chi connectivity index (χ4v) is 1.57. The number of carbonyl (C=O) groups excluding carboxylic acids is 1. The molecule has 1 rings (SSSR count). The summed E-state index contributed by atoms with van der Waals surface area (Å²) < 4.78 is 10.2. The summed E-state index contributed by atoms with van der Waals surface area (Å²) >= 11 is 0. The second-order valence-corrected chi connectivity index (χ2v) is 4.30. The van der Waals surface area contributed by atoms with Gasteiger partial charge in [-0.1, -0.05) is 30.3 Å². The van der Waals surface area contributed by atoms with Crippen LogP contribution in [0, 0.1) is 10.1 Å². The first-order valence-corrected chi connectivity index (χ1v) is 5.86. The van der Waals surface area contributed by atoms with Crippen LogP contribution in [0.25, 0.3) is 0 Å². The second kappa shape index (κ2) is 6.84. The van der Waals surface area contributed by atoms with Crippen LogP contribution in [0.4, 0.5) is 0 Å². The maximum atomic E-state index is 11.7. The molecular formula is C13H17NO5. The molecule has 1 unspecified atom stereocenters. The van der Waals surface area contributed by atoms with E-state index in [4.69, 9.17) is 4.74 Å². The highest BCUT2D eigenvalue weighted by molar-refractivity contribution is 5.78. The predicted octanol–water partition coefficient (Wildman–Crippen LogP) is 1.80. The Kier molecular flexibility index (Phi) is 5.44. The Labute approximate surface area is 111 Å². The predicted molar refractivity (Wildman–Crippen MR) is 68.1 cm³/mol. The van der Waals surface area contributed by atoms with Crippen molar-refractivity contribution in [3.63, 3.8) is 0 Å². The van der Waals surface area contributed by atoms with E-state index in [-0.39, 0.29) is 19.6 Å². The summed E-state index contributed by atoms with van der Waals surface area (Å²) in [6.45, 7) is 1.36. The van der Waals surface area contributed by atoms with Crippen molar-refractivity contribution in [3.05, 3.63) is 46.0 Å². The van der Waals surface area contributed by atoms with Gasteiger partial charge in [-0.3, -0.25) is 10.1 Å². The summed E-state index contributed by atoms with van der Waals surface area (Å²) in [6, 6.07) is 9.28. The summed E-state index contributed by atoms with van der Waals surface area (Å²) in [5, 5.41) is 10.4. The zero-order valence-corrected chi connectivity index (χ0v) is 11.0. The Morgan fingerprint density at radius 3 is 2.53 bits per heavy atom. The van der Waals surface area contributed by atoms with Gasteiger partial charge in [0.25, 0.3) is 0 Å². The summed E-state index contributed by atoms with van der Waals surface area (Å²) in [6.07, 6.45) is -0.0283. The van der Waals surface area contributed by atoms with Gasteiger partial charge in [0.1, 0.15) is 0 Å². The quantitative estimate of drug-likeness (QED) is 0.427. The van der Waals surface area contributed by atoms with E-state index in [0.29, 0.717) is 0 Å². The average molecular weight is 267 g/mol. The van der Waals surface area contributed by atoms with Gasteiger partial charge in [-0.2, -0.15) is 0 Å². The molecule has 0 aliphatic heterocycles. The maximum absolute atomic E-state index is 11.7. The molecule has 1 aromatic carbocycles. The van der Waals surface area contributed by atoms with Crippen LogP contribution in [-0.2, 0) is 20.9 Å². The van der Waals surface area contributed by atoms with Crippen LogP contribution in [0.3, 0.4) is 0 Å². The van der Waals surface area contributed by atoms with Crippen LogP contribution in [-0.4, -0.2) is 30.1 Å². The number of methoxy groups -OCH3 is 1. The highest BCUT2D eigenvalue weighted by atomic mass is 16.6. The molecule has 0 spiro atoms. The third-order valence-corrected chi connectivity index (χ3v) is 2.79. The van der Waals surface area contributed by atoms with E-state index in [1.54, 1.807) is 0 Å². The first kappa shape index (κ1) is 15.1. The molecule has 0 bridgehead atoms. The Balaban J connectivity index is 2.68. The minimum absolute atomic E-state index is 0.0283. The van der Waals surface area contributed by atoms with E-state index in [1.807, 2.05) is 30.3 Å². The zero-order valence-electron chi connectivity index (χ0n) is 11.0. The molecule has 0 saturated carbocycles. The first-order valence-electron chi connectivity index (χ1n) is 5.86. The smallest absolute Gasteiger partial charge is 0.338 e. The number of esters is 1. The van der Waals surface area contributed by atoms with Crippen molar-refractivity contribution in [1.82, 2.24) is 0 Å². The Morgan fingerprint density at radius 1 is 1.37 bits per heavy atom. The van der Waals surface area contributed by atoms with Gasteiger partial charge in [0.2, 0.25) is 6.54 Å². The number of nitro groups is 1. The lowest BCUT2D eigenvalue weighted by molar-refractivity contribution is -0.483. The molecule has 0 aromatic heterocycles. The summed E-state index contributed by atoms with van der Waals surface area (Å²) in [4.78, 5) is 21.6. The van der Waals surface area contributed by atoms with Gasteiger partial charge in [0.05, 0.1) is 20.1 Å². The van der Waals surface area contributed by atoms with Crippen LogP contribution in [0.15, 0.2) is 30.3 Å². The van der Waals surface area contributed by atoms with E-state index in [1.165, 1.54) is 14.0 Å². The standard InChI is InChI=1S/C13H17NO5/c1-13(12(15)18-2,8-9-14(16)17)19-10-11-6-4-3-5-7-11/h3-7H,8-10H2,1-2H3. The summed E-state index contributed by atoms with van der Waals surface area (Å²) in [7, 11) is 1.23. The fraction of sp³-hybridized carbons (Fsp3) is 0.462. The highest BCUT2D eigenvalue weighted by Gasteiger charge is 2.37. The molecule has 1 atom stereocenters. The lowest BCUT2D eigenvalue weighted by Crippen LogP contribution is -2.41. The van der Waals surface area contributed by atoms with E-state index in [9.17, 15) is 14.9 Å². The van der Waals surface area contributed by atoms with Gasteiger partial charge in [0, 0.05) is 4.92 Å². The molecule has 0 amide bonds. The molecule has 0 fully saturated rings. The third-order valence-electron chi connectivity index (χ3n) is 2.79. The normalized spacial score (nSPS) is 13.6. The molecule has 0 radical (unpaired) electrons. The van der Waals surface area contributed by atoms with E-state index in [2.05, 4.69) is 4.74 Å². The van der Waals surface area contributed by atoms with Gasteiger partial charge in [-0.15, -0.1) is 0 Å². The fourth-order valence-electron chi connectivity index (χ4n) is 1.57. The molecule has 6 heteroatoms. The van der Waals surface area contributed by atoms with Gasteiger partial charge >= 0.3 is 5.97 Å². The molecule has 104 valence electrons. The number of benzene rings is 1. The van der Waals surface area contributed by atoms with E-state index in [0.717, 1.165) is 5.56 Å². The third kappa shape index (κ3) is 4.67. The van der Waals surface area contributed by atoms with Crippen LogP contribution >= 0.6 is 0 Å². The van der Waals surface area contributed by atoms with Crippen molar-refractivity contribution >= 4 is 5.97 Å². The highest BCUT2D eigenvalue weighted by Crippen LogP contribution is 2.20. The lowest BCUT2D eigenvalue weighted by atomic mass is 10.0. The minimum atomic E-state index is -1.31. The molecule has 0 saturated heterocycles. The molecule has 0 aliphatic carbocycles. The van der Waals surface area contributed by atoms with Crippen LogP contribution < -0.4 is 0 Å². The van der Waals surface area contributed by atoms with Gasteiger partial charge in [-0.05, 0) is 12.5 Å². The second-order valence-electron chi connectivity index (χ2n) is 4.30. The lowest BCUT2D eigenvalue weighted by Gasteiger charge is -2.25. The molecule has 0 aliphatic rings. The number of carbonyl (C=O) groups is 1. The molecule has 0 N–H and O–H groups in total. The zero-order chi connectivity index (χ0) is 14.3. The van der Waals surface area contributed by atoms with Crippen molar-refractivity contribution in [2.24, 2.45) is 0 Å². The molecular weight excluding hydrogens is 250 g/mol. The maximum Gasteiger partial charge on any atom is 0.338 e. The molecule has 1 aromatic rings.